The van der Waals surface area contributed by atoms with E-state index in [1.165, 1.54) is 23.9 Å². The number of aromatic hydroxyl groups is 1. The van der Waals surface area contributed by atoms with Gasteiger partial charge in [-0.1, -0.05) is 12.1 Å². The third-order valence-corrected chi connectivity index (χ3v) is 4.43. The number of nitrogens with zero attached hydrogens (tertiary/aromatic N) is 2. The maximum Gasteiger partial charge on any atom is 0.266 e. The summed E-state index contributed by atoms with van der Waals surface area (Å²) in [5.41, 5.74) is 1.28. The van der Waals surface area contributed by atoms with Crippen molar-refractivity contribution >= 4 is 34.6 Å². The van der Waals surface area contributed by atoms with Crippen LogP contribution in [-0.4, -0.2) is 27.6 Å². The van der Waals surface area contributed by atoms with Crippen molar-refractivity contribution in [1.82, 2.24) is 4.90 Å². The second kappa shape index (κ2) is 6.88. The summed E-state index contributed by atoms with van der Waals surface area (Å²) in [6.07, 6.45) is 1.66. The standard InChI is InChI=1S/C18H15FN2O2S/c1-2-21-17(23)16(11-12-4-3-5-13(19)10-12)24-18(21)20-14-6-8-15(22)9-7-14/h3-11,22H,2H2,1H3/b16-11-,20-18?. The number of amides is 1. The normalized spacial score (nSPS) is 17.9. The molecule has 1 saturated heterocycles. The topological polar surface area (TPSA) is 52.9 Å². The van der Waals surface area contributed by atoms with E-state index in [9.17, 15) is 14.3 Å². The number of phenols is 1. The average Bonchev–Trinajstić information content (AvgIpc) is 2.84. The Hall–Kier alpha value is -2.60. The summed E-state index contributed by atoms with van der Waals surface area (Å²) in [5.74, 6) is -0.331. The van der Waals surface area contributed by atoms with Crippen LogP contribution in [0.4, 0.5) is 10.1 Å². The zero-order valence-electron chi connectivity index (χ0n) is 12.9. The van der Waals surface area contributed by atoms with Crippen LogP contribution in [0.15, 0.2) is 58.4 Å². The lowest BCUT2D eigenvalue weighted by atomic mass is 10.2. The molecule has 1 amide bonds. The maximum absolute atomic E-state index is 13.3. The Morgan fingerprint density at radius 3 is 2.67 bits per heavy atom. The quantitative estimate of drug-likeness (QED) is 0.853. The van der Waals surface area contributed by atoms with Crippen LogP contribution in [0.25, 0.3) is 6.08 Å². The van der Waals surface area contributed by atoms with Crippen LogP contribution < -0.4 is 0 Å². The smallest absolute Gasteiger partial charge is 0.266 e. The van der Waals surface area contributed by atoms with Gasteiger partial charge in [0.1, 0.15) is 11.6 Å². The zero-order valence-corrected chi connectivity index (χ0v) is 13.8. The molecule has 0 saturated carbocycles. The fourth-order valence-electron chi connectivity index (χ4n) is 2.26. The maximum atomic E-state index is 13.3. The first-order valence-corrected chi connectivity index (χ1v) is 8.23. The molecule has 0 aromatic heterocycles. The minimum Gasteiger partial charge on any atom is -0.508 e. The van der Waals surface area contributed by atoms with E-state index in [0.29, 0.717) is 27.9 Å². The number of thioether (sulfide) groups is 1. The largest absolute Gasteiger partial charge is 0.508 e. The number of rotatable bonds is 3. The van der Waals surface area contributed by atoms with Crippen LogP contribution in [0, 0.1) is 5.82 Å². The Morgan fingerprint density at radius 1 is 1.25 bits per heavy atom. The summed E-state index contributed by atoms with van der Waals surface area (Å²) in [7, 11) is 0. The van der Waals surface area contributed by atoms with Gasteiger partial charge in [-0.2, -0.15) is 0 Å². The number of benzene rings is 2. The fourth-order valence-corrected chi connectivity index (χ4v) is 3.32. The highest BCUT2D eigenvalue weighted by Crippen LogP contribution is 2.34. The van der Waals surface area contributed by atoms with E-state index in [0.717, 1.165) is 0 Å². The highest BCUT2D eigenvalue weighted by molar-refractivity contribution is 8.18. The Balaban J connectivity index is 1.92. The Bertz CT molecular complexity index is 831. The van der Waals surface area contributed by atoms with Crippen molar-refractivity contribution in [3.05, 3.63) is 64.8 Å². The lowest BCUT2D eigenvalue weighted by molar-refractivity contribution is -0.122. The third kappa shape index (κ3) is 3.49. The fraction of sp³-hybridized carbons (Fsp3) is 0.111. The van der Waals surface area contributed by atoms with Gasteiger partial charge in [0.25, 0.3) is 5.91 Å². The van der Waals surface area contributed by atoms with Gasteiger partial charge < -0.3 is 5.11 Å². The summed E-state index contributed by atoms with van der Waals surface area (Å²) < 4.78 is 13.3. The van der Waals surface area contributed by atoms with Gasteiger partial charge in [0, 0.05) is 6.54 Å². The molecule has 0 spiro atoms. The Labute approximate surface area is 143 Å². The summed E-state index contributed by atoms with van der Waals surface area (Å²) in [6.45, 7) is 2.36. The number of likely N-dealkylation sites (N-methyl/N-ethyl adjacent to an activating group) is 1. The average molecular weight is 342 g/mol. The van der Waals surface area contributed by atoms with Gasteiger partial charge in [-0.05, 0) is 66.7 Å². The third-order valence-electron chi connectivity index (χ3n) is 3.43. The molecule has 6 heteroatoms. The summed E-state index contributed by atoms with van der Waals surface area (Å²) in [6, 6.07) is 12.5. The molecule has 1 aliphatic rings. The molecular weight excluding hydrogens is 327 g/mol. The van der Waals surface area contributed by atoms with Gasteiger partial charge in [-0.25, -0.2) is 9.38 Å². The molecule has 3 rings (SSSR count). The summed E-state index contributed by atoms with van der Waals surface area (Å²) in [4.78, 5) is 19.0. The number of hydrogen-bond acceptors (Lipinski definition) is 4. The van der Waals surface area contributed by atoms with E-state index >= 15 is 0 Å². The van der Waals surface area contributed by atoms with Crippen molar-refractivity contribution in [3.8, 4) is 5.75 Å². The lowest BCUT2D eigenvalue weighted by Gasteiger charge is -2.11. The molecule has 1 N–H and O–H groups in total. The summed E-state index contributed by atoms with van der Waals surface area (Å²) in [5, 5.41) is 9.89. The number of hydrogen-bond donors (Lipinski definition) is 1. The van der Waals surface area contributed by atoms with E-state index < -0.39 is 0 Å². The molecule has 4 nitrogen and oxygen atoms in total. The number of aliphatic imine (C=N–C) groups is 1. The molecule has 1 aliphatic heterocycles. The highest BCUT2D eigenvalue weighted by atomic mass is 32.2. The minimum atomic E-state index is -0.342. The van der Waals surface area contributed by atoms with Gasteiger partial charge in [-0.15, -0.1) is 0 Å². The lowest BCUT2D eigenvalue weighted by Crippen LogP contribution is -2.28. The first kappa shape index (κ1) is 16.3. The van der Waals surface area contributed by atoms with Gasteiger partial charge in [0.15, 0.2) is 5.17 Å². The molecule has 0 radical (unpaired) electrons. The number of phenolic OH excluding ortho intramolecular Hbond substituents is 1. The molecule has 0 aliphatic carbocycles. The molecule has 0 atom stereocenters. The molecule has 1 fully saturated rings. The first-order chi connectivity index (χ1) is 11.6. The monoisotopic (exact) mass is 342 g/mol. The van der Waals surface area contributed by atoms with Crippen LogP contribution in [0.5, 0.6) is 5.75 Å². The van der Waals surface area contributed by atoms with Crippen molar-refractivity contribution in [1.29, 1.82) is 0 Å². The molecule has 0 unspecified atom stereocenters. The molecule has 24 heavy (non-hydrogen) atoms. The highest BCUT2D eigenvalue weighted by Gasteiger charge is 2.32. The molecule has 2 aromatic rings. The number of halogens is 1. The summed E-state index contributed by atoms with van der Waals surface area (Å²) >= 11 is 1.25. The zero-order chi connectivity index (χ0) is 17.1. The van der Waals surface area contributed by atoms with Crippen LogP contribution in [-0.2, 0) is 4.79 Å². The van der Waals surface area contributed by atoms with Crippen LogP contribution >= 0.6 is 11.8 Å². The van der Waals surface area contributed by atoms with Crippen molar-refractivity contribution in [2.75, 3.05) is 6.54 Å². The van der Waals surface area contributed by atoms with E-state index in [-0.39, 0.29) is 17.5 Å². The van der Waals surface area contributed by atoms with Crippen molar-refractivity contribution < 1.29 is 14.3 Å². The van der Waals surface area contributed by atoms with E-state index in [4.69, 9.17) is 0 Å². The Kier molecular flexibility index (Phi) is 4.66. The predicted octanol–water partition coefficient (Wildman–Crippen LogP) is 4.16. The number of amidine groups is 1. The van der Waals surface area contributed by atoms with Gasteiger partial charge in [0.05, 0.1) is 10.6 Å². The molecule has 0 bridgehead atoms. The molecular formula is C18H15FN2O2S. The van der Waals surface area contributed by atoms with Crippen LogP contribution in [0.3, 0.4) is 0 Å². The predicted molar refractivity (Wildman–Crippen MR) is 94.6 cm³/mol. The number of carbonyl (C=O) groups excluding carboxylic acids is 1. The SMILES string of the molecule is CCN1C(=O)/C(=C/c2cccc(F)c2)SC1=Nc1ccc(O)cc1. The number of carbonyl (C=O) groups is 1. The second-order valence-corrected chi connectivity index (χ2v) is 6.13. The van der Waals surface area contributed by atoms with Crippen molar-refractivity contribution in [2.45, 2.75) is 6.92 Å². The van der Waals surface area contributed by atoms with Crippen molar-refractivity contribution in [3.63, 3.8) is 0 Å². The van der Waals surface area contributed by atoms with Gasteiger partial charge >= 0.3 is 0 Å². The van der Waals surface area contributed by atoms with Crippen LogP contribution in [0.1, 0.15) is 12.5 Å². The first-order valence-electron chi connectivity index (χ1n) is 7.41. The second-order valence-electron chi connectivity index (χ2n) is 5.13. The van der Waals surface area contributed by atoms with Gasteiger partial charge in [0.2, 0.25) is 0 Å². The Morgan fingerprint density at radius 2 is 2.00 bits per heavy atom. The molecule has 2 aromatic carbocycles. The minimum absolute atomic E-state index is 0.149. The van der Waals surface area contributed by atoms with E-state index in [1.807, 2.05) is 6.92 Å². The van der Waals surface area contributed by atoms with E-state index in [1.54, 1.807) is 47.4 Å². The van der Waals surface area contributed by atoms with E-state index in [2.05, 4.69) is 4.99 Å². The van der Waals surface area contributed by atoms with Crippen LogP contribution in [0.2, 0.25) is 0 Å². The van der Waals surface area contributed by atoms with Gasteiger partial charge in [-0.3, -0.25) is 9.69 Å². The molecule has 122 valence electrons. The molecule has 1 heterocycles. The van der Waals surface area contributed by atoms with Crippen molar-refractivity contribution in [2.24, 2.45) is 4.99 Å².